The van der Waals surface area contributed by atoms with Crippen LogP contribution < -0.4 is 0 Å². The van der Waals surface area contributed by atoms with Crippen molar-refractivity contribution in [3.8, 4) is 0 Å². The standard InChI is InChI=1S/C17H24O2/c1-17(2,15-11-7-4-8-12-15)16(18)19-13-14-9-5-3-6-10-14/h3,5-6,9-10,15H,4,7-8,11-13H2,1-2H3. The number of rotatable bonds is 4. The lowest BCUT2D eigenvalue weighted by Gasteiger charge is -2.34. The molecule has 1 saturated carbocycles. The number of hydrogen-bond acceptors (Lipinski definition) is 2. The molecule has 2 heteroatoms. The van der Waals surface area contributed by atoms with Crippen LogP contribution in [0.4, 0.5) is 0 Å². The molecule has 1 aliphatic carbocycles. The molecular weight excluding hydrogens is 236 g/mol. The maximum Gasteiger partial charge on any atom is 0.312 e. The second kappa shape index (κ2) is 6.23. The van der Waals surface area contributed by atoms with Gasteiger partial charge < -0.3 is 4.74 Å². The summed E-state index contributed by atoms with van der Waals surface area (Å²) in [6.45, 7) is 4.46. The van der Waals surface area contributed by atoms with Gasteiger partial charge in [-0.2, -0.15) is 0 Å². The van der Waals surface area contributed by atoms with Crippen LogP contribution in [0, 0.1) is 11.3 Å². The zero-order valence-electron chi connectivity index (χ0n) is 12.0. The van der Waals surface area contributed by atoms with Crippen molar-refractivity contribution >= 4 is 5.97 Å². The van der Waals surface area contributed by atoms with E-state index in [4.69, 9.17) is 4.74 Å². The van der Waals surface area contributed by atoms with Gasteiger partial charge in [-0.05, 0) is 38.2 Å². The summed E-state index contributed by atoms with van der Waals surface area (Å²) < 4.78 is 5.51. The van der Waals surface area contributed by atoms with Gasteiger partial charge in [0.15, 0.2) is 0 Å². The van der Waals surface area contributed by atoms with Crippen LogP contribution in [0.15, 0.2) is 30.3 Å². The van der Waals surface area contributed by atoms with Crippen LogP contribution in [-0.4, -0.2) is 5.97 Å². The van der Waals surface area contributed by atoms with Gasteiger partial charge in [0.1, 0.15) is 6.61 Å². The third-order valence-electron chi connectivity index (χ3n) is 4.36. The molecular formula is C17H24O2. The molecule has 1 aliphatic rings. The highest BCUT2D eigenvalue weighted by molar-refractivity contribution is 5.76. The van der Waals surface area contributed by atoms with E-state index in [1.54, 1.807) is 0 Å². The monoisotopic (exact) mass is 260 g/mol. The van der Waals surface area contributed by atoms with E-state index >= 15 is 0 Å². The Morgan fingerprint density at radius 1 is 1.16 bits per heavy atom. The maximum absolute atomic E-state index is 12.3. The summed E-state index contributed by atoms with van der Waals surface area (Å²) in [5.41, 5.74) is 0.699. The Hall–Kier alpha value is -1.31. The van der Waals surface area contributed by atoms with Gasteiger partial charge >= 0.3 is 5.97 Å². The predicted molar refractivity (Wildman–Crippen MR) is 76.6 cm³/mol. The SMILES string of the molecule is CC(C)(C(=O)OCc1ccccc1)C1CCCCC1. The average molecular weight is 260 g/mol. The molecule has 1 fully saturated rings. The van der Waals surface area contributed by atoms with E-state index in [-0.39, 0.29) is 11.4 Å². The average Bonchev–Trinajstić information content (AvgIpc) is 2.46. The van der Waals surface area contributed by atoms with Crippen molar-refractivity contribution in [1.82, 2.24) is 0 Å². The molecule has 19 heavy (non-hydrogen) atoms. The molecule has 0 aliphatic heterocycles. The Bertz CT molecular complexity index is 403. The summed E-state index contributed by atoms with van der Waals surface area (Å²) in [5.74, 6) is 0.424. The number of carbonyl (C=O) groups is 1. The minimum atomic E-state index is -0.352. The number of esters is 1. The first-order chi connectivity index (χ1) is 9.10. The molecule has 1 aromatic carbocycles. The third-order valence-corrected chi connectivity index (χ3v) is 4.36. The lowest BCUT2D eigenvalue weighted by molar-refractivity contribution is -0.159. The van der Waals surface area contributed by atoms with Crippen molar-refractivity contribution in [2.75, 3.05) is 0 Å². The molecule has 1 aromatic rings. The van der Waals surface area contributed by atoms with Gasteiger partial charge in [-0.25, -0.2) is 0 Å². The molecule has 0 atom stereocenters. The zero-order valence-corrected chi connectivity index (χ0v) is 12.0. The molecule has 0 bridgehead atoms. The second-order valence-corrected chi connectivity index (χ2v) is 6.12. The highest BCUT2D eigenvalue weighted by Gasteiger charge is 2.38. The first-order valence-corrected chi connectivity index (χ1v) is 7.32. The fourth-order valence-electron chi connectivity index (χ4n) is 2.90. The quantitative estimate of drug-likeness (QED) is 0.753. The van der Waals surface area contributed by atoms with Crippen LogP contribution >= 0.6 is 0 Å². The van der Waals surface area contributed by atoms with Crippen molar-refractivity contribution < 1.29 is 9.53 Å². The smallest absolute Gasteiger partial charge is 0.312 e. The minimum absolute atomic E-state index is 0.0525. The Morgan fingerprint density at radius 3 is 2.42 bits per heavy atom. The van der Waals surface area contributed by atoms with Crippen molar-refractivity contribution in [3.05, 3.63) is 35.9 Å². The van der Waals surface area contributed by atoms with Crippen LogP contribution in [0.1, 0.15) is 51.5 Å². The van der Waals surface area contributed by atoms with Crippen LogP contribution in [0.3, 0.4) is 0 Å². The van der Waals surface area contributed by atoms with E-state index in [0.29, 0.717) is 12.5 Å². The van der Waals surface area contributed by atoms with Gasteiger partial charge in [-0.3, -0.25) is 4.79 Å². The summed E-state index contributed by atoms with van der Waals surface area (Å²) in [6, 6.07) is 9.88. The fraction of sp³-hybridized carbons (Fsp3) is 0.588. The van der Waals surface area contributed by atoms with E-state index in [1.807, 2.05) is 44.2 Å². The van der Waals surface area contributed by atoms with Gasteiger partial charge in [-0.1, -0.05) is 49.6 Å². The highest BCUT2D eigenvalue weighted by Crippen LogP contribution is 2.39. The van der Waals surface area contributed by atoms with Crippen LogP contribution in [0.5, 0.6) is 0 Å². The molecule has 0 spiro atoms. The summed E-state index contributed by atoms with van der Waals surface area (Å²) >= 11 is 0. The minimum Gasteiger partial charge on any atom is -0.460 e. The topological polar surface area (TPSA) is 26.3 Å². The van der Waals surface area contributed by atoms with E-state index in [2.05, 4.69) is 0 Å². The van der Waals surface area contributed by atoms with Gasteiger partial charge in [0.25, 0.3) is 0 Å². The van der Waals surface area contributed by atoms with E-state index < -0.39 is 0 Å². The largest absolute Gasteiger partial charge is 0.460 e. The van der Waals surface area contributed by atoms with Gasteiger partial charge in [0, 0.05) is 0 Å². The normalized spacial score (nSPS) is 17.2. The fourth-order valence-corrected chi connectivity index (χ4v) is 2.90. The molecule has 2 rings (SSSR count). The van der Waals surface area contributed by atoms with Crippen molar-refractivity contribution in [2.24, 2.45) is 11.3 Å². The molecule has 0 radical (unpaired) electrons. The first kappa shape index (κ1) is 14.1. The van der Waals surface area contributed by atoms with Crippen molar-refractivity contribution in [2.45, 2.75) is 52.6 Å². The predicted octanol–water partition coefficient (Wildman–Crippen LogP) is 4.34. The molecule has 0 aromatic heterocycles. The van der Waals surface area contributed by atoms with Gasteiger partial charge in [0.2, 0.25) is 0 Å². The second-order valence-electron chi connectivity index (χ2n) is 6.12. The number of carbonyl (C=O) groups excluding carboxylic acids is 1. The lowest BCUT2D eigenvalue weighted by Crippen LogP contribution is -2.35. The molecule has 0 amide bonds. The molecule has 0 unspecified atom stereocenters. The summed E-state index contributed by atoms with van der Waals surface area (Å²) in [4.78, 5) is 12.3. The van der Waals surface area contributed by atoms with E-state index in [9.17, 15) is 4.79 Å². The Labute approximate surface area is 116 Å². The molecule has 0 saturated heterocycles. The van der Waals surface area contributed by atoms with Crippen molar-refractivity contribution in [1.29, 1.82) is 0 Å². The molecule has 2 nitrogen and oxygen atoms in total. The third kappa shape index (κ3) is 3.59. The number of hydrogen-bond donors (Lipinski definition) is 0. The van der Waals surface area contributed by atoms with Crippen LogP contribution in [-0.2, 0) is 16.1 Å². The first-order valence-electron chi connectivity index (χ1n) is 7.32. The Balaban J connectivity index is 1.90. The summed E-state index contributed by atoms with van der Waals surface area (Å²) in [5, 5.41) is 0. The number of ether oxygens (including phenoxy) is 1. The Morgan fingerprint density at radius 2 is 1.79 bits per heavy atom. The zero-order chi connectivity index (χ0) is 13.7. The van der Waals surface area contributed by atoms with Crippen LogP contribution in [0.25, 0.3) is 0 Å². The number of benzene rings is 1. The Kier molecular flexibility index (Phi) is 4.62. The molecule has 104 valence electrons. The highest BCUT2D eigenvalue weighted by atomic mass is 16.5. The van der Waals surface area contributed by atoms with Gasteiger partial charge in [0.05, 0.1) is 5.41 Å². The maximum atomic E-state index is 12.3. The molecule has 0 N–H and O–H groups in total. The van der Waals surface area contributed by atoms with E-state index in [1.165, 1.54) is 19.3 Å². The summed E-state index contributed by atoms with van der Waals surface area (Å²) in [6.07, 6.45) is 6.13. The molecule has 0 heterocycles. The van der Waals surface area contributed by atoms with Crippen molar-refractivity contribution in [3.63, 3.8) is 0 Å². The van der Waals surface area contributed by atoms with Crippen LogP contribution in [0.2, 0.25) is 0 Å². The summed E-state index contributed by atoms with van der Waals surface area (Å²) in [7, 11) is 0. The van der Waals surface area contributed by atoms with E-state index in [0.717, 1.165) is 18.4 Å². The lowest BCUT2D eigenvalue weighted by atomic mass is 9.71. The van der Waals surface area contributed by atoms with Gasteiger partial charge in [-0.15, -0.1) is 0 Å².